The summed E-state index contributed by atoms with van der Waals surface area (Å²) in [6.45, 7) is 1.98. The van der Waals surface area contributed by atoms with Crippen molar-refractivity contribution in [3.05, 3.63) is 60.2 Å². The molecule has 2 rings (SSSR count). The average Bonchev–Trinajstić information content (AvgIpc) is 2.48. The number of ether oxygens (including phenoxy) is 1. The molecule has 0 saturated heterocycles. The van der Waals surface area contributed by atoms with Crippen molar-refractivity contribution in [1.82, 2.24) is 0 Å². The Bertz CT molecular complexity index is 709. The second kappa shape index (κ2) is 6.41. The van der Waals surface area contributed by atoms with Crippen LogP contribution in [0.15, 0.2) is 59.5 Å². The van der Waals surface area contributed by atoms with Gasteiger partial charge in [0, 0.05) is 5.69 Å². The molecule has 0 unspecified atom stereocenters. The van der Waals surface area contributed by atoms with E-state index in [1.165, 1.54) is 24.3 Å². The van der Waals surface area contributed by atoms with Crippen LogP contribution in [0.1, 0.15) is 17.3 Å². The van der Waals surface area contributed by atoms with Gasteiger partial charge in [0.15, 0.2) is 0 Å². The number of hydrogen-bond acceptors (Lipinski definition) is 4. The van der Waals surface area contributed by atoms with E-state index in [2.05, 4.69) is 4.72 Å². The number of carbonyl (C=O) groups is 1. The van der Waals surface area contributed by atoms with Crippen molar-refractivity contribution < 1.29 is 17.9 Å². The highest BCUT2D eigenvalue weighted by Crippen LogP contribution is 2.16. The van der Waals surface area contributed by atoms with Gasteiger partial charge in [-0.1, -0.05) is 18.2 Å². The van der Waals surface area contributed by atoms with E-state index in [4.69, 9.17) is 4.74 Å². The number of sulfonamides is 1. The molecule has 0 heterocycles. The van der Waals surface area contributed by atoms with Crippen LogP contribution in [0.2, 0.25) is 0 Å². The van der Waals surface area contributed by atoms with Gasteiger partial charge in [0.05, 0.1) is 17.1 Å². The van der Waals surface area contributed by atoms with E-state index in [9.17, 15) is 13.2 Å². The van der Waals surface area contributed by atoms with Gasteiger partial charge in [-0.15, -0.1) is 0 Å². The van der Waals surface area contributed by atoms with Crippen LogP contribution in [-0.4, -0.2) is 21.0 Å². The maximum atomic E-state index is 12.2. The maximum Gasteiger partial charge on any atom is 0.338 e. The van der Waals surface area contributed by atoms with E-state index < -0.39 is 16.0 Å². The standard InChI is InChI=1S/C15H15NO4S/c1-2-20-15(17)12-8-10-14(11-9-12)21(18,19)16-13-6-4-3-5-7-13/h3-11,16H,2H2,1H3. The zero-order chi connectivity index (χ0) is 15.3. The van der Waals surface area contributed by atoms with Crippen molar-refractivity contribution in [2.24, 2.45) is 0 Å². The fourth-order valence-electron chi connectivity index (χ4n) is 1.70. The molecule has 0 spiro atoms. The van der Waals surface area contributed by atoms with Gasteiger partial charge in [0.2, 0.25) is 0 Å². The van der Waals surface area contributed by atoms with Crippen molar-refractivity contribution in [3.8, 4) is 0 Å². The summed E-state index contributed by atoms with van der Waals surface area (Å²) in [7, 11) is -3.67. The molecule has 0 aliphatic heterocycles. The van der Waals surface area contributed by atoms with Gasteiger partial charge in [0.1, 0.15) is 0 Å². The zero-order valence-electron chi connectivity index (χ0n) is 11.4. The Kier molecular flexibility index (Phi) is 4.59. The molecule has 0 aromatic heterocycles. The number of esters is 1. The molecular formula is C15H15NO4S. The first-order valence-electron chi connectivity index (χ1n) is 6.38. The minimum Gasteiger partial charge on any atom is -0.462 e. The van der Waals surface area contributed by atoms with E-state index in [0.29, 0.717) is 11.3 Å². The van der Waals surface area contributed by atoms with Crippen LogP contribution in [0.25, 0.3) is 0 Å². The Balaban J connectivity index is 2.19. The third kappa shape index (κ3) is 3.82. The number of benzene rings is 2. The predicted octanol–water partition coefficient (Wildman–Crippen LogP) is 2.66. The van der Waals surface area contributed by atoms with Crippen LogP contribution in [0.4, 0.5) is 5.69 Å². The Morgan fingerprint density at radius 3 is 2.24 bits per heavy atom. The molecule has 0 atom stereocenters. The third-order valence-electron chi connectivity index (χ3n) is 2.70. The monoisotopic (exact) mass is 305 g/mol. The van der Waals surface area contributed by atoms with Gasteiger partial charge in [-0.05, 0) is 43.3 Å². The molecular weight excluding hydrogens is 290 g/mol. The second-order valence-corrected chi connectivity index (χ2v) is 5.90. The fraction of sp³-hybridized carbons (Fsp3) is 0.133. The molecule has 0 aliphatic rings. The van der Waals surface area contributed by atoms with E-state index in [-0.39, 0.29) is 11.5 Å². The van der Waals surface area contributed by atoms with Crippen molar-refractivity contribution in [3.63, 3.8) is 0 Å². The lowest BCUT2D eigenvalue weighted by atomic mass is 10.2. The predicted molar refractivity (Wildman–Crippen MR) is 79.6 cm³/mol. The third-order valence-corrected chi connectivity index (χ3v) is 4.10. The van der Waals surface area contributed by atoms with Gasteiger partial charge in [-0.2, -0.15) is 0 Å². The molecule has 21 heavy (non-hydrogen) atoms. The lowest BCUT2D eigenvalue weighted by molar-refractivity contribution is 0.0526. The SMILES string of the molecule is CCOC(=O)c1ccc(S(=O)(=O)Nc2ccccc2)cc1. The van der Waals surface area contributed by atoms with Crippen LogP contribution >= 0.6 is 0 Å². The van der Waals surface area contributed by atoms with Gasteiger partial charge in [0.25, 0.3) is 10.0 Å². The average molecular weight is 305 g/mol. The van der Waals surface area contributed by atoms with Crippen LogP contribution < -0.4 is 4.72 Å². The van der Waals surface area contributed by atoms with Crippen molar-refractivity contribution in [1.29, 1.82) is 0 Å². The van der Waals surface area contributed by atoms with E-state index in [0.717, 1.165) is 0 Å². The van der Waals surface area contributed by atoms with Crippen LogP contribution in [0, 0.1) is 0 Å². The molecule has 2 aromatic rings. The normalized spacial score (nSPS) is 10.9. The Labute approximate surface area is 123 Å². The number of carbonyl (C=O) groups excluding carboxylic acids is 1. The van der Waals surface area contributed by atoms with Crippen molar-refractivity contribution in [2.45, 2.75) is 11.8 Å². The number of rotatable bonds is 5. The molecule has 0 fully saturated rings. The van der Waals surface area contributed by atoms with Gasteiger partial charge in [-0.3, -0.25) is 4.72 Å². The maximum absolute atomic E-state index is 12.2. The Hall–Kier alpha value is -2.34. The summed E-state index contributed by atoms with van der Waals surface area (Å²) in [5.74, 6) is -0.475. The van der Waals surface area contributed by atoms with Gasteiger partial charge in [-0.25, -0.2) is 13.2 Å². The largest absolute Gasteiger partial charge is 0.462 e. The number of hydrogen-bond donors (Lipinski definition) is 1. The first kappa shape index (κ1) is 15.1. The highest BCUT2D eigenvalue weighted by atomic mass is 32.2. The lowest BCUT2D eigenvalue weighted by Gasteiger charge is -2.08. The highest BCUT2D eigenvalue weighted by Gasteiger charge is 2.15. The molecule has 2 aromatic carbocycles. The highest BCUT2D eigenvalue weighted by molar-refractivity contribution is 7.92. The molecule has 5 nitrogen and oxygen atoms in total. The molecule has 110 valence electrons. The van der Waals surface area contributed by atoms with Gasteiger partial charge >= 0.3 is 5.97 Å². The summed E-state index contributed by atoms with van der Waals surface area (Å²) in [5, 5.41) is 0. The molecule has 0 saturated carbocycles. The first-order valence-corrected chi connectivity index (χ1v) is 7.86. The van der Waals surface area contributed by atoms with Crippen molar-refractivity contribution in [2.75, 3.05) is 11.3 Å². The lowest BCUT2D eigenvalue weighted by Crippen LogP contribution is -2.13. The second-order valence-electron chi connectivity index (χ2n) is 4.22. The smallest absolute Gasteiger partial charge is 0.338 e. The number of para-hydroxylation sites is 1. The fourth-order valence-corrected chi connectivity index (χ4v) is 2.76. The molecule has 0 radical (unpaired) electrons. The summed E-state index contributed by atoms with van der Waals surface area (Å²) >= 11 is 0. The molecule has 1 N–H and O–H groups in total. The summed E-state index contributed by atoms with van der Waals surface area (Å²) in [6.07, 6.45) is 0. The quantitative estimate of drug-likeness (QED) is 0.862. The van der Waals surface area contributed by atoms with Crippen LogP contribution in [0.5, 0.6) is 0 Å². The van der Waals surface area contributed by atoms with E-state index in [1.807, 2.05) is 0 Å². The summed E-state index contributed by atoms with van der Waals surface area (Å²) in [4.78, 5) is 11.6. The molecule has 6 heteroatoms. The molecule has 0 aliphatic carbocycles. The topological polar surface area (TPSA) is 72.5 Å². The Morgan fingerprint density at radius 1 is 1.05 bits per heavy atom. The zero-order valence-corrected chi connectivity index (χ0v) is 12.3. The Morgan fingerprint density at radius 2 is 1.67 bits per heavy atom. The number of nitrogens with one attached hydrogen (secondary N) is 1. The van der Waals surface area contributed by atoms with Crippen LogP contribution in [-0.2, 0) is 14.8 Å². The van der Waals surface area contributed by atoms with Gasteiger partial charge < -0.3 is 4.74 Å². The summed E-state index contributed by atoms with van der Waals surface area (Å²) in [5.41, 5.74) is 0.794. The first-order chi connectivity index (χ1) is 10.0. The van der Waals surface area contributed by atoms with E-state index in [1.54, 1.807) is 37.3 Å². The number of anilines is 1. The van der Waals surface area contributed by atoms with Crippen LogP contribution in [0.3, 0.4) is 0 Å². The van der Waals surface area contributed by atoms with Crippen molar-refractivity contribution >= 4 is 21.7 Å². The summed E-state index contributed by atoms with van der Waals surface area (Å²) in [6, 6.07) is 14.2. The molecule has 0 amide bonds. The summed E-state index contributed by atoms with van der Waals surface area (Å²) < 4.78 is 31.7. The molecule has 0 bridgehead atoms. The van der Waals surface area contributed by atoms with E-state index >= 15 is 0 Å². The minimum absolute atomic E-state index is 0.0828. The minimum atomic E-state index is -3.67.